The van der Waals surface area contributed by atoms with E-state index in [2.05, 4.69) is 5.32 Å². The number of carbonyl (C=O) groups excluding carboxylic acids is 2. The Morgan fingerprint density at radius 3 is 2.31 bits per heavy atom. The van der Waals surface area contributed by atoms with Crippen molar-refractivity contribution >= 4 is 44.9 Å². The molecule has 0 saturated heterocycles. The molecule has 0 aliphatic rings. The lowest BCUT2D eigenvalue weighted by atomic mass is 10.2. The van der Waals surface area contributed by atoms with Crippen LogP contribution in [0.15, 0.2) is 77.7 Å². The summed E-state index contributed by atoms with van der Waals surface area (Å²) in [5.41, 5.74) is -1.23. The summed E-state index contributed by atoms with van der Waals surface area (Å²) in [7, 11) is -4.43. The molecule has 190 valence electrons. The minimum atomic E-state index is -4.73. The molecule has 0 unspecified atom stereocenters. The number of anilines is 2. The summed E-state index contributed by atoms with van der Waals surface area (Å²) < 4.78 is 72.0. The van der Waals surface area contributed by atoms with Crippen molar-refractivity contribution in [3.8, 4) is 0 Å². The van der Waals surface area contributed by atoms with Crippen LogP contribution in [0, 0.1) is 0 Å². The maximum absolute atomic E-state index is 13.3. The fourth-order valence-corrected chi connectivity index (χ4v) is 4.81. The van der Waals surface area contributed by atoms with Gasteiger partial charge in [0.2, 0.25) is 5.91 Å². The van der Waals surface area contributed by atoms with Crippen LogP contribution in [0.4, 0.5) is 24.5 Å². The monoisotopic (exact) mass is 540 g/mol. The van der Waals surface area contributed by atoms with E-state index in [0.29, 0.717) is 10.4 Å². The van der Waals surface area contributed by atoms with Crippen LogP contribution in [0.3, 0.4) is 0 Å². The second-order valence-corrected chi connectivity index (χ2v) is 9.61. The maximum atomic E-state index is 13.3. The lowest BCUT2D eigenvalue weighted by molar-refractivity contribution is -0.137. The number of carbonyl (C=O) groups is 2. The number of ether oxygens (including phenoxy) is 1. The van der Waals surface area contributed by atoms with Gasteiger partial charge < -0.3 is 10.1 Å². The first-order chi connectivity index (χ1) is 16.9. The number of rotatable bonds is 8. The molecule has 0 aromatic heterocycles. The quantitative estimate of drug-likeness (QED) is 0.388. The summed E-state index contributed by atoms with van der Waals surface area (Å²) in [6.45, 7) is 0.929. The predicted molar refractivity (Wildman–Crippen MR) is 128 cm³/mol. The van der Waals surface area contributed by atoms with Gasteiger partial charge in [-0.2, -0.15) is 13.2 Å². The number of alkyl halides is 3. The molecular weight excluding hydrogens is 521 g/mol. The van der Waals surface area contributed by atoms with Crippen LogP contribution in [0.5, 0.6) is 0 Å². The number of halogens is 4. The highest BCUT2D eigenvalue weighted by molar-refractivity contribution is 7.92. The number of benzene rings is 3. The van der Waals surface area contributed by atoms with Crippen molar-refractivity contribution in [2.45, 2.75) is 18.0 Å². The van der Waals surface area contributed by atoms with Gasteiger partial charge in [0.1, 0.15) is 6.54 Å². The van der Waals surface area contributed by atoms with Gasteiger partial charge in [-0.05, 0) is 55.5 Å². The number of hydrogen-bond acceptors (Lipinski definition) is 5. The molecule has 0 heterocycles. The number of amides is 1. The Hall–Kier alpha value is -3.57. The van der Waals surface area contributed by atoms with Crippen molar-refractivity contribution in [1.29, 1.82) is 0 Å². The Balaban J connectivity index is 1.94. The Morgan fingerprint density at radius 1 is 1.00 bits per heavy atom. The fourth-order valence-electron chi connectivity index (χ4n) is 3.15. The van der Waals surface area contributed by atoms with E-state index in [9.17, 15) is 31.2 Å². The normalized spacial score (nSPS) is 11.6. The van der Waals surface area contributed by atoms with Crippen LogP contribution in [-0.2, 0) is 25.7 Å². The van der Waals surface area contributed by atoms with Crippen molar-refractivity contribution in [1.82, 2.24) is 0 Å². The highest BCUT2D eigenvalue weighted by Crippen LogP contribution is 2.33. The average Bonchev–Trinajstić information content (AvgIpc) is 2.84. The smallest absolute Gasteiger partial charge is 0.416 e. The first-order valence-corrected chi connectivity index (χ1v) is 12.3. The topological polar surface area (TPSA) is 92.8 Å². The highest BCUT2D eigenvalue weighted by atomic mass is 35.5. The zero-order chi connectivity index (χ0) is 26.5. The zero-order valence-electron chi connectivity index (χ0n) is 18.8. The molecular formula is C24H20ClF3N2O5S. The summed E-state index contributed by atoms with van der Waals surface area (Å²) >= 11 is 6.15. The largest absolute Gasteiger partial charge is 0.462 e. The van der Waals surface area contributed by atoms with Gasteiger partial charge >= 0.3 is 12.1 Å². The van der Waals surface area contributed by atoms with Gasteiger partial charge in [0.25, 0.3) is 10.0 Å². The number of sulfonamides is 1. The van der Waals surface area contributed by atoms with E-state index in [1.807, 2.05) is 0 Å². The molecule has 3 aromatic rings. The van der Waals surface area contributed by atoms with E-state index in [4.69, 9.17) is 16.3 Å². The molecule has 1 amide bonds. The van der Waals surface area contributed by atoms with Crippen molar-refractivity contribution in [2.24, 2.45) is 0 Å². The Kier molecular flexibility index (Phi) is 8.26. The SMILES string of the molecule is CCOC(=O)c1ccc(NC(=O)CN(c2cccc(C(F)(F)F)c2)S(=O)(=O)c2ccccc2)c(Cl)c1. The fraction of sp³-hybridized carbons (Fsp3) is 0.167. The molecule has 36 heavy (non-hydrogen) atoms. The third kappa shape index (κ3) is 6.35. The third-order valence-electron chi connectivity index (χ3n) is 4.83. The van der Waals surface area contributed by atoms with Crippen LogP contribution < -0.4 is 9.62 Å². The second kappa shape index (κ2) is 11.0. The minimum Gasteiger partial charge on any atom is -0.462 e. The number of esters is 1. The van der Waals surface area contributed by atoms with Crippen molar-refractivity contribution in [3.05, 3.63) is 88.9 Å². The van der Waals surface area contributed by atoms with Gasteiger partial charge in [-0.15, -0.1) is 0 Å². The van der Waals surface area contributed by atoms with Gasteiger partial charge in [-0.1, -0.05) is 35.9 Å². The highest BCUT2D eigenvalue weighted by Gasteiger charge is 2.33. The van der Waals surface area contributed by atoms with Gasteiger partial charge in [-0.25, -0.2) is 13.2 Å². The molecule has 7 nitrogen and oxygen atoms in total. The molecule has 0 saturated carbocycles. The van der Waals surface area contributed by atoms with E-state index in [1.54, 1.807) is 13.0 Å². The molecule has 0 aliphatic heterocycles. The van der Waals surface area contributed by atoms with Gasteiger partial charge in [0.05, 0.1) is 39.0 Å². The summed E-state index contributed by atoms with van der Waals surface area (Å²) in [4.78, 5) is 24.5. The molecule has 3 rings (SSSR count). The number of nitrogens with zero attached hydrogens (tertiary/aromatic N) is 1. The molecule has 1 N–H and O–H groups in total. The minimum absolute atomic E-state index is 0.0227. The summed E-state index contributed by atoms with van der Waals surface area (Å²) in [6, 6.07) is 14.6. The lowest BCUT2D eigenvalue weighted by Gasteiger charge is -2.25. The van der Waals surface area contributed by atoms with E-state index < -0.39 is 40.2 Å². The van der Waals surface area contributed by atoms with E-state index >= 15 is 0 Å². The molecule has 3 aromatic carbocycles. The van der Waals surface area contributed by atoms with Crippen molar-refractivity contribution in [3.63, 3.8) is 0 Å². The van der Waals surface area contributed by atoms with Gasteiger partial charge in [-0.3, -0.25) is 9.10 Å². The van der Waals surface area contributed by atoms with E-state index in [0.717, 1.165) is 18.2 Å². The van der Waals surface area contributed by atoms with Crippen LogP contribution in [-0.4, -0.2) is 33.4 Å². The average molecular weight is 541 g/mol. The van der Waals surface area contributed by atoms with E-state index in [-0.39, 0.29) is 33.5 Å². The van der Waals surface area contributed by atoms with Crippen molar-refractivity contribution in [2.75, 3.05) is 22.8 Å². The molecule has 0 fully saturated rings. The Labute approximate surface area is 210 Å². The summed E-state index contributed by atoms with van der Waals surface area (Å²) in [5.74, 6) is -1.50. The molecule has 0 radical (unpaired) electrons. The first-order valence-electron chi connectivity index (χ1n) is 10.4. The Morgan fingerprint density at radius 2 is 1.69 bits per heavy atom. The second-order valence-electron chi connectivity index (χ2n) is 7.34. The Bertz CT molecular complexity index is 1370. The van der Waals surface area contributed by atoms with Gasteiger partial charge in [0, 0.05) is 0 Å². The third-order valence-corrected chi connectivity index (χ3v) is 6.93. The first kappa shape index (κ1) is 27.0. The molecule has 0 aliphatic carbocycles. The number of hydrogen-bond donors (Lipinski definition) is 1. The van der Waals surface area contributed by atoms with Crippen LogP contribution in [0.2, 0.25) is 5.02 Å². The molecule has 0 spiro atoms. The standard InChI is InChI=1S/C24H20ClF3N2O5S/c1-2-35-23(32)16-11-12-21(20(25)13-16)29-22(31)15-30(36(33,34)19-9-4-3-5-10-19)18-8-6-7-17(14-18)24(26,27)28/h3-14H,2,15H2,1H3,(H,29,31). The molecule has 0 atom stereocenters. The lowest BCUT2D eigenvalue weighted by Crippen LogP contribution is -2.38. The summed E-state index contributed by atoms with van der Waals surface area (Å²) in [5, 5.41) is 2.40. The van der Waals surface area contributed by atoms with Crippen LogP contribution >= 0.6 is 11.6 Å². The van der Waals surface area contributed by atoms with Crippen molar-refractivity contribution < 1.29 is 35.9 Å². The molecule has 0 bridgehead atoms. The van der Waals surface area contributed by atoms with E-state index in [1.165, 1.54) is 42.5 Å². The van der Waals surface area contributed by atoms with Crippen LogP contribution in [0.25, 0.3) is 0 Å². The predicted octanol–water partition coefficient (Wildman–Crippen LogP) is 5.37. The molecule has 12 heteroatoms. The zero-order valence-corrected chi connectivity index (χ0v) is 20.3. The van der Waals surface area contributed by atoms with Crippen LogP contribution in [0.1, 0.15) is 22.8 Å². The van der Waals surface area contributed by atoms with Gasteiger partial charge in [0.15, 0.2) is 0 Å². The summed E-state index contributed by atoms with van der Waals surface area (Å²) in [6.07, 6.45) is -4.73. The number of nitrogens with one attached hydrogen (secondary N) is 1. The maximum Gasteiger partial charge on any atom is 0.416 e.